The molecule has 1 nitrogen and oxygen atoms in total. The molecule has 2 atom stereocenters. The molecule has 0 aromatic heterocycles. The summed E-state index contributed by atoms with van der Waals surface area (Å²) in [7, 11) is 0. The van der Waals surface area contributed by atoms with Crippen LogP contribution in [0.3, 0.4) is 0 Å². The zero-order valence-corrected chi connectivity index (χ0v) is 9.47. The summed E-state index contributed by atoms with van der Waals surface area (Å²) in [5, 5.41) is 3.68. The van der Waals surface area contributed by atoms with E-state index in [-0.39, 0.29) is 0 Å². The quantitative estimate of drug-likeness (QED) is 0.660. The predicted octanol–water partition coefficient (Wildman–Crippen LogP) is 3.20. The van der Waals surface area contributed by atoms with E-state index in [2.05, 4.69) is 26.1 Å². The van der Waals surface area contributed by atoms with Gasteiger partial charge in [0.1, 0.15) is 0 Å². The van der Waals surface area contributed by atoms with E-state index in [1.165, 1.54) is 38.6 Å². The van der Waals surface area contributed by atoms with E-state index < -0.39 is 0 Å². The van der Waals surface area contributed by atoms with Crippen LogP contribution < -0.4 is 5.32 Å². The molecule has 0 heterocycles. The van der Waals surface area contributed by atoms with Crippen LogP contribution in [0.5, 0.6) is 0 Å². The molecule has 1 aliphatic carbocycles. The lowest BCUT2D eigenvalue weighted by atomic mass is 9.80. The van der Waals surface area contributed by atoms with Crippen molar-refractivity contribution in [3.8, 4) is 0 Å². The van der Waals surface area contributed by atoms with Crippen molar-refractivity contribution in [1.29, 1.82) is 0 Å². The van der Waals surface area contributed by atoms with E-state index in [9.17, 15) is 0 Å². The topological polar surface area (TPSA) is 12.0 Å². The van der Waals surface area contributed by atoms with Crippen molar-refractivity contribution in [1.82, 2.24) is 5.32 Å². The fourth-order valence-corrected chi connectivity index (χ4v) is 2.60. The van der Waals surface area contributed by atoms with E-state index in [0.29, 0.717) is 0 Å². The van der Waals surface area contributed by atoms with Gasteiger partial charge < -0.3 is 5.32 Å². The number of hydrogen-bond donors (Lipinski definition) is 1. The van der Waals surface area contributed by atoms with Gasteiger partial charge >= 0.3 is 0 Å². The van der Waals surface area contributed by atoms with Crippen molar-refractivity contribution in [2.75, 3.05) is 6.54 Å². The Morgan fingerprint density at radius 1 is 1.08 bits per heavy atom. The summed E-state index contributed by atoms with van der Waals surface area (Å²) in [4.78, 5) is 0. The molecule has 1 fully saturated rings. The summed E-state index contributed by atoms with van der Waals surface area (Å²) in [6.07, 6.45) is 6.87. The average molecular weight is 183 g/mol. The average Bonchev–Trinajstić information content (AvgIpc) is 2.03. The summed E-state index contributed by atoms with van der Waals surface area (Å²) in [6.45, 7) is 8.27. The molecule has 78 valence electrons. The number of unbranched alkanes of at least 4 members (excludes halogenated alkanes) is 1. The molecule has 0 unspecified atom stereocenters. The van der Waals surface area contributed by atoms with Gasteiger partial charge in [0.2, 0.25) is 0 Å². The van der Waals surface area contributed by atoms with E-state index >= 15 is 0 Å². The first-order valence-corrected chi connectivity index (χ1v) is 5.95. The molecule has 1 rings (SSSR count). The van der Waals surface area contributed by atoms with Crippen LogP contribution in [0, 0.1) is 11.8 Å². The second kappa shape index (κ2) is 5.64. The molecule has 0 radical (unpaired) electrons. The van der Waals surface area contributed by atoms with Crippen LogP contribution in [0.15, 0.2) is 0 Å². The standard InChI is InChI=1S/C12H25N/c1-4-5-6-13-12-8-10(2)7-11(3)9-12/h10-13H,4-9H2,1-3H3/t10-,11-/m1/s1. The van der Waals surface area contributed by atoms with Gasteiger partial charge in [0.25, 0.3) is 0 Å². The molecule has 1 saturated carbocycles. The minimum absolute atomic E-state index is 0.810. The van der Waals surface area contributed by atoms with Gasteiger partial charge in [-0.25, -0.2) is 0 Å². The fourth-order valence-electron chi connectivity index (χ4n) is 2.60. The summed E-state index contributed by atoms with van der Waals surface area (Å²) in [6, 6.07) is 0.810. The zero-order valence-electron chi connectivity index (χ0n) is 9.47. The molecule has 0 aliphatic heterocycles. The van der Waals surface area contributed by atoms with Crippen LogP contribution in [0.2, 0.25) is 0 Å². The molecule has 0 bridgehead atoms. The fraction of sp³-hybridized carbons (Fsp3) is 1.00. The highest BCUT2D eigenvalue weighted by Crippen LogP contribution is 2.28. The molecule has 0 saturated heterocycles. The number of hydrogen-bond acceptors (Lipinski definition) is 1. The first kappa shape index (κ1) is 11.0. The van der Waals surface area contributed by atoms with Crippen molar-refractivity contribution >= 4 is 0 Å². The summed E-state index contributed by atoms with van der Waals surface area (Å²) in [5.74, 6) is 1.87. The SMILES string of the molecule is CCCCNC1C[C@H](C)C[C@@H](C)C1. The van der Waals surface area contributed by atoms with Gasteiger partial charge in [0.05, 0.1) is 0 Å². The Balaban J connectivity index is 2.17. The monoisotopic (exact) mass is 183 g/mol. The lowest BCUT2D eigenvalue weighted by Gasteiger charge is -2.32. The van der Waals surface area contributed by atoms with Crippen LogP contribution in [-0.4, -0.2) is 12.6 Å². The van der Waals surface area contributed by atoms with Crippen LogP contribution in [-0.2, 0) is 0 Å². The van der Waals surface area contributed by atoms with Gasteiger partial charge in [-0.2, -0.15) is 0 Å². The number of nitrogens with one attached hydrogen (secondary N) is 1. The third-order valence-corrected chi connectivity index (χ3v) is 3.14. The Labute approximate surface area is 83.3 Å². The highest BCUT2D eigenvalue weighted by molar-refractivity contribution is 4.79. The molecular weight excluding hydrogens is 158 g/mol. The van der Waals surface area contributed by atoms with E-state index in [1.54, 1.807) is 0 Å². The van der Waals surface area contributed by atoms with Gasteiger partial charge in [-0.15, -0.1) is 0 Å². The minimum atomic E-state index is 0.810. The smallest absolute Gasteiger partial charge is 0.00721 e. The van der Waals surface area contributed by atoms with Crippen LogP contribution >= 0.6 is 0 Å². The van der Waals surface area contributed by atoms with Crippen molar-refractivity contribution in [3.63, 3.8) is 0 Å². The Kier molecular flexibility index (Phi) is 4.79. The Hall–Kier alpha value is -0.0400. The molecule has 1 N–H and O–H groups in total. The lowest BCUT2D eigenvalue weighted by molar-refractivity contribution is 0.239. The molecule has 1 aliphatic rings. The molecular formula is C12H25N. The molecule has 0 aromatic carbocycles. The van der Waals surface area contributed by atoms with Crippen LogP contribution in [0.1, 0.15) is 52.9 Å². The van der Waals surface area contributed by atoms with Crippen LogP contribution in [0.25, 0.3) is 0 Å². The third kappa shape index (κ3) is 4.12. The predicted molar refractivity (Wildman–Crippen MR) is 58.9 cm³/mol. The summed E-state index contributed by atoms with van der Waals surface area (Å²) in [5.41, 5.74) is 0. The number of rotatable bonds is 4. The highest BCUT2D eigenvalue weighted by atomic mass is 14.9. The van der Waals surface area contributed by atoms with Crippen molar-refractivity contribution in [3.05, 3.63) is 0 Å². The minimum Gasteiger partial charge on any atom is -0.314 e. The normalized spacial score (nSPS) is 34.8. The second-order valence-corrected chi connectivity index (χ2v) is 4.92. The molecule has 0 aromatic rings. The molecule has 0 spiro atoms. The Bertz CT molecular complexity index is 123. The summed E-state index contributed by atoms with van der Waals surface area (Å²) >= 11 is 0. The zero-order chi connectivity index (χ0) is 9.68. The van der Waals surface area contributed by atoms with Gasteiger partial charge in [-0.1, -0.05) is 27.2 Å². The van der Waals surface area contributed by atoms with Gasteiger partial charge in [0, 0.05) is 6.04 Å². The maximum Gasteiger partial charge on any atom is 0.00721 e. The Morgan fingerprint density at radius 2 is 1.69 bits per heavy atom. The first-order valence-electron chi connectivity index (χ1n) is 5.95. The molecule has 0 amide bonds. The lowest BCUT2D eigenvalue weighted by Crippen LogP contribution is -2.36. The maximum atomic E-state index is 3.68. The highest BCUT2D eigenvalue weighted by Gasteiger charge is 2.22. The third-order valence-electron chi connectivity index (χ3n) is 3.14. The first-order chi connectivity index (χ1) is 6.22. The van der Waals surface area contributed by atoms with Gasteiger partial charge in [0.15, 0.2) is 0 Å². The maximum absolute atomic E-state index is 3.68. The van der Waals surface area contributed by atoms with Crippen molar-refractivity contribution in [2.45, 2.75) is 58.9 Å². The van der Waals surface area contributed by atoms with E-state index in [1.807, 2.05) is 0 Å². The summed E-state index contributed by atoms with van der Waals surface area (Å²) < 4.78 is 0. The largest absolute Gasteiger partial charge is 0.314 e. The van der Waals surface area contributed by atoms with E-state index in [4.69, 9.17) is 0 Å². The second-order valence-electron chi connectivity index (χ2n) is 4.92. The van der Waals surface area contributed by atoms with Gasteiger partial charge in [-0.05, 0) is 44.1 Å². The van der Waals surface area contributed by atoms with Gasteiger partial charge in [-0.3, -0.25) is 0 Å². The van der Waals surface area contributed by atoms with Crippen molar-refractivity contribution in [2.24, 2.45) is 11.8 Å². The van der Waals surface area contributed by atoms with Crippen molar-refractivity contribution < 1.29 is 0 Å². The molecule has 1 heteroatoms. The molecule has 13 heavy (non-hydrogen) atoms. The van der Waals surface area contributed by atoms with Crippen LogP contribution in [0.4, 0.5) is 0 Å². The Morgan fingerprint density at radius 3 is 2.23 bits per heavy atom. The van der Waals surface area contributed by atoms with E-state index in [0.717, 1.165) is 17.9 Å².